The van der Waals surface area contributed by atoms with E-state index >= 15 is 0 Å². The van der Waals surface area contributed by atoms with Gasteiger partial charge in [0.2, 0.25) is 0 Å². The highest BCUT2D eigenvalue weighted by Crippen LogP contribution is 2.33. The largest absolute Gasteiger partial charge is 0.301 e. The molecule has 168 valence electrons. The van der Waals surface area contributed by atoms with Gasteiger partial charge in [-0.2, -0.15) is 10.4 Å². The van der Waals surface area contributed by atoms with Crippen LogP contribution in [0.2, 0.25) is 10.0 Å². The van der Waals surface area contributed by atoms with Crippen molar-refractivity contribution in [2.45, 2.75) is 25.8 Å². The van der Waals surface area contributed by atoms with Crippen LogP contribution in [0.3, 0.4) is 0 Å². The first-order chi connectivity index (χ1) is 16.0. The Labute approximate surface area is 203 Å². The van der Waals surface area contributed by atoms with E-state index in [9.17, 15) is 5.26 Å². The van der Waals surface area contributed by atoms with E-state index in [1.165, 1.54) is 0 Å². The molecule has 0 spiro atoms. The fourth-order valence-electron chi connectivity index (χ4n) is 4.92. The number of aliphatic imine (C=N–C) groups is 1. The van der Waals surface area contributed by atoms with E-state index in [0.717, 1.165) is 55.0 Å². The molecule has 6 nitrogen and oxygen atoms in total. The molecule has 6 rings (SSSR count). The molecule has 3 aliphatic rings. The highest BCUT2D eigenvalue weighted by molar-refractivity contribution is 6.32. The molecule has 3 aromatic rings. The summed E-state index contributed by atoms with van der Waals surface area (Å²) in [5.74, 6) is 1.06. The Morgan fingerprint density at radius 3 is 2.48 bits per heavy atom. The number of fused-ring (bicyclic) bond motifs is 3. The fraction of sp³-hybridized carbons (Fsp3) is 0.320. The molecule has 2 aromatic carbocycles. The van der Waals surface area contributed by atoms with Gasteiger partial charge in [-0.05, 0) is 63.0 Å². The first kappa shape index (κ1) is 22.0. The van der Waals surface area contributed by atoms with Crippen LogP contribution in [0.5, 0.6) is 0 Å². The molecule has 2 bridgehead atoms. The molecule has 3 fully saturated rings. The number of benzene rings is 2. The van der Waals surface area contributed by atoms with E-state index in [2.05, 4.69) is 16.4 Å². The van der Waals surface area contributed by atoms with Crippen LogP contribution >= 0.6 is 23.2 Å². The Morgan fingerprint density at radius 1 is 1.12 bits per heavy atom. The summed E-state index contributed by atoms with van der Waals surface area (Å²) in [6.45, 7) is 5.21. The van der Waals surface area contributed by atoms with E-state index in [4.69, 9.17) is 33.3 Å². The minimum Gasteiger partial charge on any atom is -0.301 e. The number of para-hydroxylation sites is 1. The van der Waals surface area contributed by atoms with Gasteiger partial charge in [-0.3, -0.25) is 10.3 Å². The standard InChI is InChI=1S/C25H24Cl2N6/c1-16-23(25(29-15-28)30-21-14-32-12-10-17(21)11-13-32)31-33(22-5-3-2-4-20(22)27)24(16)18-6-8-19(26)9-7-18/h2-9,17,21H,10-14H2,1H3,(H,29,30). The molecule has 4 heterocycles. The third-order valence-electron chi connectivity index (χ3n) is 6.64. The Kier molecular flexibility index (Phi) is 6.11. The van der Waals surface area contributed by atoms with Crippen molar-refractivity contribution in [2.75, 3.05) is 19.6 Å². The van der Waals surface area contributed by atoms with Gasteiger partial charge in [-0.25, -0.2) is 4.68 Å². The highest BCUT2D eigenvalue weighted by Gasteiger charge is 2.34. The van der Waals surface area contributed by atoms with Gasteiger partial charge in [0.05, 0.1) is 22.4 Å². The van der Waals surface area contributed by atoms with Gasteiger partial charge < -0.3 is 4.90 Å². The maximum Gasteiger partial charge on any atom is 0.182 e. The van der Waals surface area contributed by atoms with Crippen LogP contribution in [0.15, 0.2) is 53.5 Å². The SMILES string of the molecule is Cc1c(C(=NC2CN3CCC2CC3)NC#N)nn(-c2ccccc2Cl)c1-c1ccc(Cl)cc1. The summed E-state index contributed by atoms with van der Waals surface area (Å²) in [5, 5.41) is 18.5. The van der Waals surface area contributed by atoms with Crippen molar-refractivity contribution in [3.05, 3.63) is 69.8 Å². The van der Waals surface area contributed by atoms with Gasteiger partial charge in [0.1, 0.15) is 5.69 Å². The summed E-state index contributed by atoms with van der Waals surface area (Å²) >= 11 is 12.7. The second-order valence-corrected chi connectivity index (χ2v) is 9.46. The highest BCUT2D eigenvalue weighted by atomic mass is 35.5. The number of piperidine rings is 3. The molecule has 1 atom stereocenters. The van der Waals surface area contributed by atoms with Crippen LogP contribution in [-0.2, 0) is 0 Å². The number of nitriles is 1. The van der Waals surface area contributed by atoms with E-state index in [1.807, 2.05) is 60.1 Å². The number of amidine groups is 1. The summed E-state index contributed by atoms with van der Waals surface area (Å²) in [6.07, 6.45) is 4.37. The number of hydrogen-bond donors (Lipinski definition) is 1. The Balaban J connectivity index is 1.66. The lowest BCUT2D eigenvalue weighted by molar-refractivity contribution is 0.0905. The zero-order valence-corrected chi connectivity index (χ0v) is 19.8. The summed E-state index contributed by atoms with van der Waals surface area (Å²) in [5.41, 5.74) is 4.17. The molecule has 1 N–H and O–H groups in total. The average Bonchev–Trinajstić information content (AvgIpc) is 3.17. The van der Waals surface area contributed by atoms with E-state index < -0.39 is 0 Å². The lowest BCUT2D eigenvalue weighted by Crippen LogP contribution is -2.50. The molecule has 1 aromatic heterocycles. The van der Waals surface area contributed by atoms with Gasteiger partial charge in [0.25, 0.3) is 0 Å². The third kappa shape index (κ3) is 4.24. The van der Waals surface area contributed by atoms with Crippen LogP contribution < -0.4 is 5.32 Å². The normalized spacial score (nSPS) is 22.2. The van der Waals surface area contributed by atoms with Crippen molar-refractivity contribution in [1.29, 1.82) is 5.26 Å². The molecule has 0 aliphatic carbocycles. The number of aromatic nitrogens is 2. The lowest BCUT2D eigenvalue weighted by Gasteiger charge is -2.43. The van der Waals surface area contributed by atoms with Crippen molar-refractivity contribution < 1.29 is 0 Å². The number of hydrogen-bond acceptors (Lipinski definition) is 4. The molecule has 8 heteroatoms. The Bertz CT molecular complexity index is 1230. The monoisotopic (exact) mass is 478 g/mol. The molecule has 1 unspecified atom stereocenters. The Morgan fingerprint density at radius 2 is 1.85 bits per heavy atom. The molecular formula is C25H24Cl2N6. The Hall–Kier alpha value is -2.85. The molecule has 0 radical (unpaired) electrons. The topological polar surface area (TPSA) is 69.2 Å². The number of nitrogens with zero attached hydrogens (tertiary/aromatic N) is 5. The molecule has 0 saturated carbocycles. The number of nitrogens with one attached hydrogen (secondary N) is 1. The van der Waals surface area contributed by atoms with E-state index in [0.29, 0.717) is 27.5 Å². The maximum atomic E-state index is 9.51. The summed E-state index contributed by atoms with van der Waals surface area (Å²) in [6, 6.07) is 15.4. The fourth-order valence-corrected chi connectivity index (χ4v) is 5.26. The van der Waals surface area contributed by atoms with Gasteiger partial charge in [-0.1, -0.05) is 47.5 Å². The van der Waals surface area contributed by atoms with Crippen LogP contribution in [-0.4, -0.2) is 46.2 Å². The molecular weight excluding hydrogens is 455 g/mol. The summed E-state index contributed by atoms with van der Waals surface area (Å²) in [7, 11) is 0. The predicted molar refractivity (Wildman–Crippen MR) is 132 cm³/mol. The van der Waals surface area contributed by atoms with Crippen molar-refractivity contribution in [3.8, 4) is 23.1 Å². The van der Waals surface area contributed by atoms with Crippen LogP contribution in [0.4, 0.5) is 0 Å². The second-order valence-electron chi connectivity index (χ2n) is 8.61. The van der Waals surface area contributed by atoms with E-state index in [-0.39, 0.29) is 6.04 Å². The number of halogens is 2. The van der Waals surface area contributed by atoms with Crippen molar-refractivity contribution in [3.63, 3.8) is 0 Å². The smallest absolute Gasteiger partial charge is 0.182 e. The van der Waals surface area contributed by atoms with Crippen molar-refractivity contribution in [1.82, 2.24) is 20.0 Å². The lowest BCUT2D eigenvalue weighted by atomic mass is 9.84. The predicted octanol–water partition coefficient (Wildman–Crippen LogP) is 5.07. The zero-order chi connectivity index (χ0) is 22.9. The van der Waals surface area contributed by atoms with Crippen molar-refractivity contribution in [2.24, 2.45) is 10.9 Å². The first-order valence-electron chi connectivity index (χ1n) is 11.1. The molecule has 3 saturated heterocycles. The van der Waals surface area contributed by atoms with E-state index in [1.54, 1.807) is 0 Å². The zero-order valence-electron chi connectivity index (χ0n) is 18.3. The summed E-state index contributed by atoms with van der Waals surface area (Å²) < 4.78 is 1.83. The molecule has 3 aliphatic heterocycles. The van der Waals surface area contributed by atoms with Crippen molar-refractivity contribution >= 4 is 29.0 Å². The van der Waals surface area contributed by atoms with Crippen LogP contribution in [0, 0.1) is 24.3 Å². The first-order valence-corrected chi connectivity index (χ1v) is 11.9. The molecule has 33 heavy (non-hydrogen) atoms. The minimum absolute atomic E-state index is 0.159. The van der Waals surface area contributed by atoms with Gasteiger partial charge in [0.15, 0.2) is 12.0 Å². The average molecular weight is 479 g/mol. The van der Waals surface area contributed by atoms with Gasteiger partial charge >= 0.3 is 0 Å². The van der Waals surface area contributed by atoms with Crippen LogP contribution in [0.1, 0.15) is 24.1 Å². The molecule has 0 amide bonds. The van der Waals surface area contributed by atoms with Gasteiger partial charge in [-0.15, -0.1) is 0 Å². The minimum atomic E-state index is 0.159. The second kappa shape index (κ2) is 9.18. The van der Waals surface area contributed by atoms with Crippen LogP contribution in [0.25, 0.3) is 16.9 Å². The maximum absolute atomic E-state index is 9.51. The summed E-state index contributed by atoms with van der Waals surface area (Å²) in [4.78, 5) is 7.48. The quantitative estimate of drug-likeness (QED) is 0.246. The third-order valence-corrected chi connectivity index (χ3v) is 7.21. The van der Waals surface area contributed by atoms with Gasteiger partial charge in [0, 0.05) is 22.7 Å². The number of rotatable bonds is 4.